The zero-order valence-electron chi connectivity index (χ0n) is 20.5. The largest absolute Gasteiger partial charge is 0.465 e. The topological polar surface area (TPSA) is 101 Å². The molecular formula is C26H27F3N2O6. The zero-order chi connectivity index (χ0) is 27.0. The first-order valence-electron chi connectivity index (χ1n) is 11.6. The van der Waals surface area contributed by atoms with Crippen LogP contribution in [0.15, 0.2) is 52.9 Å². The van der Waals surface area contributed by atoms with Gasteiger partial charge in [-0.3, -0.25) is 4.90 Å². The van der Waals surface area contributed by atoms with Crippen molar-refractivity contribution < 1.29 is 41.8 Å². The number of morpholine rings is 1. The van der Waals surface area contributed by atoms with Crippen molar-refractivity contribution >= 4 is 23.2 Å². The fourth-order valence-corrected chi connectivity index (χ4v) is 4.33. The molecule has 0 radical (unpaired) electrons. The molecule has 0 bridgehead atoms. The number of rotatable bonds is 4. The fraction of sp³-hybridized carbons (Fsp3) is 0.385. The van der Waals surface area contributed by atoms with Crippen molar-refractivity contribution in [3.63, 3.8) is 0 Å². The molecule has 2 heterocycles. The second-order valence-electron chi connectivity index (χ2n) is 9.68. The number of alkyl carbamates (subject to hydrolysis) is 1. The van der Waals surface area contributed by atoms with Crippen LogP contribution >= 0.6 is 0 Å². The van der Waals surface area contributed by atoms with Crippen LogP contribution in [-0.4, -0.2) is 40.9 Å². The molecule has 11 heteroatoms. The molecule has 0 aliphatic carbocycles. The highest BCUT2D eigenvalue weighted by Gasteiger charge is 2.41. The molecule has 1 saturated heterocycles. The number of ether oxygens (including phenoxy) is 2. The lowest BCUT2D eigenvalue weighted by Crippen LogP contribution is -2.44. The highest BCUT2D eigenvalue weighted by molar-refractivity contribution is 5.83. The molecule has 3 aromatic rings. The first-order chi connectivity index (χ1) is 17.3. The number of benzene rings is 2. The van der Waals surface area contributed by atoms with E-state index in [1.165, 1.54) is 12.1 Å². The van der Waals surface area contributed by atoms with E-state index in [-0.39, 0.29) is 36.4 Å². The number of nitrogens with zero attached hydrogens (tertiary/aromatic N) is 1. The van der Waals surface area contributed by atoms with Crippen LogP contribution in [0, 0.1) is 0 Å². The molecule has 2 atom stereocenters. The maximum atomic E-state index is 14.1. The van der Waals surface area contributed by atoms with Gasteiger partial charge in [-0.05, 0) is 50.1 Å². The molecule has 198 valence electrons. The first kappa shape index (κ1) is 26.3. The summed E-state index contributed by atoms with van der Waals surface area (Å²) < 4.78 is 58.9. The Bertz CT molecular complexity index is 1280. The van der Waals surface area contributed by atoms with Gasteiger partial charge in [-0.25, -0.2) is 9.59 Å². The number of furan rings is 1. The normalized spacial score (nSPS) is 18.6. The molecule has 4 rings (SSSR count). The summed E-state index contributed by atoms with van der Waals surface area (Å²) in [7, 11) is 0. The number of carboxylic acid groups (broad SMARTS) is 1. The van der Waals surface area contributed by atoms with Crippen LogP contribution in [0.2, 0.25) is 0 Å². The number of fused-ring (bicyclic) bond motifs is 1. The highest BCUT2D eigenvalue weighted by atomic mass is 19.4. The van der Waals surface area contributed by atoms with Crippen molar-refractivity contribution in [2.75, 3.05) is 13.2 Å². The monoisotopic (exact) mass is 520 g/mol. The molecule has 1 aliphatic heterocycles. The van der Waals surface area contributed by atoms with Gasteiger partial charge in [0.15, 0.2) is 0 Å². The van der Waals surface area contributed by atoms with Gasteiger partial charge < -0.3 is 24.3 Å². The minimum atomic E-state index is -4.78. The molecule has 2 unspecified atom stereocenters. The summed E-state index contributed by atoms with van der Waals surface area (Å²) in [6.45, 7) is 4.95. The van der Waals surface area contributed by atoms with Gasteiger partial charge in [-0.2, -0.15) is 13.2 Å². The third kappa shape index (κ3) is 5.99. The standard InChI is InChI=1S/C26H27F3N2O6/c1-25(2,3)37-23(32)30-14-18-12-17-11-16(13-19(21(17)36-18)26(27,28)29)20-22(15-7-5-4-6-8-15)35-10-9-31(20)24(33)34/h4-8,11-13,20,22H,9-10,14H2,1-3H3,(H,30,32)(H,33,34). The summed E-state index contributed by atoms with van der Waals surface area (Å²) in [5, 5.41) is 12.4. The van der Waals surface area contributed by atoms with Crippen LogP contribution in [0.25, 0.3) is 11.0 Å². The Balaban J connectivity index is 1.76. The van der Waals surface area contributed by atoms with E-state index >= 15 is 0 Å². The van der Waals surface area contributed by atoms with E-state index in [1.54, 1.807) is 51.1 Å². The van der Waals surface area contributed by atoms with E-state index in [1.807, 2.05) is 0 Å². The van der Waals surface area contributed by atoms with Gasteiger partial charge in [0.1, 0.15) is 23.0 Å². The Morgan fingerprint density at radius 1 is 1.11 bits per heavy atom. The van der Waals surface area contributed by atoms with Crippen molar-refractivity contribution in [3.8, 4) is 0 Å². The van der Waals surface area contributed by atoms with Gasteiger partial charge in [0.05, 0.1) is 24.8 Å². The Hall–Kier alpha value is -3.73. The predicted molar refractivity (Wildman–Crippen MR) is 127 cm³/mol. The van der Waals surface area contributed by atoms with Gasteiger partial charge in [0.25, 0.3) is 0 Å². The SMILES string of the molecule is CC(C)(C)OC(=O)NCc1cc2cc(C3C(c4ccccc4)OCCN3C(=O)O)cc(C(F)(F)F)c2o1. The number of hydrogen-bond donors (Lipinski definition) is 2. The zero-order valence-corrected chi connectivity index (χ0v) is 20.5. The van der Waals surface area contributed by atoms with Crippen LogP contribution in [0.4, 0.5) is 22.8 Å². The minimum Gasteiger partial charge on any atom is -0.465 e. The lowest BCUT2D eigenvalue weighted by Gasteiger charge is -2.40. The molecule has 0 saturated carbocycles. The van der Waals surface area contributed by atoms with Crippen LogP contribution in [-0.2, 0) is 22.2 Å². The van der Waals surface area contributed by atoms with Crippen LogP contribution < -0.4 is 5.32 Å². The molecule has 1 fully saturated rings. The first-order valence-corrected chi connectivity index (χ1v) is 11.6. The van der Waals surface area contributed by atoms with Crippen LogP contribution in [0.5, 0.6) is 0 Å². The van der Waals surface area contributed by atoms with Crippen molar-refractivity contribution in [1.82, 2.24) is 10.2 Å². The van der Waals surface area contributed by atoms with E-state index in [0.29, 0.717) is 5.56 Å². The van der Waals surface area contributed by atoms with Crippen molar-refractivity contribution in [2.45, 2.75) is 51.2 Å². The molecule has 0 spiro atoms. The molecule has 1 aromatic heterocycles. The Morgan fingerprint density at radius 3 is 2.43 bits per heavy atom. The highest BCUT2D eigenvalue weighted by Crippen LogP contribution is 2.44. The second-order valence-corrected chi connectivity index (χ2v) is 9.68. The second kappa shape index (κ2) is 9.97. The summed E-state index contributed by atoms with van der Waals surface area (Å²) in [5.74, 6) is 0.0816. The van der Waals surface area contributed by atoms with Gasteiger partial charge in [-0.15, -0.1) is 0 Å². The maximum Gasteiger partial charge on any atom is 0.420 e. The average molecular weight is 521 g/mol. The summed E-state index contributed by atoms with van der Waals surface area (Å²) in [4.78, 5) is 25.2. The lowest BCUT2D eigenvalue weighted by molar-refractivity contribution is -0.137. The maximum absolute atomic E-state index is 14.1. The predicted octanol–water partition coefficient (Wildman–Crippen LogP) is 6.27. The van der Waals surface area contributed by atoms with Crippen molar-refractivity contribution in [1.29, 1.82) is 0 Å². The summed E-state index contributed by atoms with van der Waals surface area (Å²) in [5.41, 5.74) is -1.45. The fourth-order valence-electron chi connectivity index (χ4n) is 4.33. The van der Waals surface area contributed by atoms with Crippen molar-refractivity contribution in [3.05, 3.63) is 71.0 Å². The van der Waals surface area contributed by atoms with E-state index in [9.17, 15) is 27.9 Å². The van der Waals surface area contributed by atoms with E-state index in [0.717, 1.165) is 11.0 Å². The number of nitrogens with one attached hydrogen (secondary N) is 1. The smallest absolute Gasteiger partial charge is 0.420 e. The third-order valence-corrected chi connectivity index (χ3v) is 5.77. The van der Waals surface area contributed by atoms with E-state index in [4.69, 9.17) is 13.9 Å². The van der Waals surface area contributed by atoms with Crippen LogP contribution in [0.1, 0.15) is 55.4 Å². The summed E-state index contributed by atoms with van der Waals surface area (Å²) in [6, 6.07) is 11.5. The molecule has 2 aromatic carbocycles. The number of amides is 2. The molecule has 2 amide bonds. The Labute approximate surface area is 210 Å². The number of alkyl halides is 3. The Morgan fingerprint density at radius 2 is 1.81 bits per heavy atom. The van der Waals surface area contributed by atoms with Gasteiger partial charge >= 0.3 is 18.4 Å². The molecule has 37 heavy (non-hydrogen) atoms. The van der Waals surface area contributed by atoms with Gasteiger partial charge in [-0.1, -0.05) is 30.3 Å². The molecule has 8 nitrogen and oxygen atoms in total. The summed E-state index contributed by atoms with van der Waals surface area (Å²) >= 11 is 0. The average Bonchev–Trinajstić information content (AvgIpc) is 3.23. The number of carbonyl (C=O) groups is 2. The molecule has 1 aliphatic rings. The number of carbonyl (C=O) groups excluding carboxylic acids is 1. The van der Waals surface area contributed by atoms with Gasteiger partial charge in [0, 0.05) is 11.9 Å². The number of halogens is 3. The van der Waals surface area contributed by atoms with Crippen LogP contribution in [0.3, 0.4) is 0 Å². The van der Waals surface area contributed by atoms with Gasteiger partial charge in [0.2, 0.25) is 0 Å². The number of hydrogen-bond acceptors (Lipinski definition) is 5. The molecular weight excluding hydrogens is 493 g/mol. The van der Waals surface area contributed by atoms with E-state index in [2.05, 4.69) is 5.32 Å². The minimum absolute atomic E-state index is 0.000826. The quantitative estimate of drug-likeness (QED) is 0.421. The summed E-state index contributed by atoms with van der Waals surface area (Å²) in [6.07, 6.45) is -7.61. The Kier molecular flexibility index (Phi) is 7.09. The van der Waals surface area contributed by atoms with Crippen molar-refractivity contribution in [2.24, 2.45) is 0 Å². The lowest BCUT2D eigenvalue weighted by atomic mass is 9.91. The molecule has 2 N–H and O–H groups in total. The van der Waals surface area contributed by atoms with E-state index < -0.39 is 47.3 Å². The third-order valence-electron chi connectivity index (χ3n) is 5.77.